The maximum Gasteiger partial charge on any atom is 0.193 e. The first-order valence-corrected chi connectivity index (χ1v) is 11.4. The van der Waals surface area contributed by atoms with Gasteiger partial charge in [0.25, 0.3) is 0 Å². The van der Waals surface area contributed by atoms with Crippen LogP contribution in [0.4, 0.5) is 0 Å². The number of thiophene rings is 1. The number of ether oxygens (including phenoxy) is 2. The molecule has 31 heavy (non-hydrogen) atoms. The summed E-state index contributed by atoms with van der Waals surface area (Å²) in [6.07, 6.45) is 2.27. The van der Waals surface area contributed by atoms with Crippen LogP contribution in [0.5, 0.6) is 5.75 Å². The van der Waals surface area contributed by atoms with E-state index in [1.165, 1.54) is 6.07 Å². The average molecular weight is 437 g/mol. The maximum atomic E-state index is 12.8. The van der Waals surface area contributed by atoms with Crippen molar-refractivity contribution in [3.63, 3.8) is 0 Å². The minimum Gasteiger partial charge on any atom is -0.492 e. The molecule has 2 unspecified atom stereocenters. The molecule has 1 aliphatic rings. The van der Waals surface area contributed by atoms with Crippen LogP contribution in [-0.4, -0.2) is 48.3 Å². The van der Waals surface area contributed by atoms with Crippen LogP contribution in [0.15, 0.2) is 57.2 Å². The summed E-state index contributed by atoms with van der Waals surface area (Å²) < 4.78 is 18.8. The molecule has 7 heteroatoms. The average Bonchev–Trinajstić information content (AvgIpc) is 3.21. The van der Waals surface area contributed by atoms with Crippen LogP contribution in [0.1, 0.15) is 13.8 Å². The number of fused-ring (bicyclic) bond motifs is 2. The first-order valence-electron chi connectivity index (χ1n) is 10.5. The Kier molecular flexibility index (Phi) is 5.48. The molecule has 4 aromatic rings. The molecule has 0 amide bonds. The van der Waals surface area contributed by atoms with E-state index >= 15 is 0 Å². The fraction of sp³-hybridized carbons (Fsp3) is 0.333. The quantitative estimate of drug-likeness (QED) is 0.457. The van der Waals surface area contributed by atoms with E-state index in [1.54, 1.807) is 29.7 Å². The number of aromatic nitrogens is 1. The lowest BCUT2D eigenvalue weighted by Gasteiger charge is -2.35. The van der Waals surface area contributed by atoms with Gasteiger partial charge in [-0.3, -0.25) is 14.7 Å². The number of nitrogens with zero attached hydrogens (tertiary/aromatic N) is 2. The van der Waals surface area contributed by atoms with Crippen molar-refractivity contribution >= 4 is 32.4 Å². The fourth-order valence-electron chi connectivity index (χ4n) is 4.10. The van der Waals surface area contributed by atoms with Gasteiger partial charge in [0.15, 0.2) is 11.2 Å². The van der Waals surface area contributed by atoms with E-state index in [9.17, 15) is 4.79 Å². The van der Waals surface area contributed by atoms with Crippen molar-refractivity contribution < 1.29 is 13.9 Å². The molecule has 0 aliphatic carbocycles. The van der Waals surface area contributed by atoms with E-state index in [2.05, 4.69) is 23.7 Å². The molecule has 1 saturated heterocycles. The van der Waals surface area contributed by atoms with Gasteiger partial charge in [0, 0.05) is 42.0 Å². The highest BCUT2D eigenvalue weighted by Crippen LogP contribution is 2.27. The summed E-state index contributed by atoms with van der Waals surface area (Å²) in [7, 11) is 0. The van der Waals surface area contributed by atoms with E-state index in [0.717, 1.165) is 29.7 Å². The van der Waals surface area contributed by atoms with Crippen molar-refractivity contribution in [2.24, 2.45) is 0 Å². The van der Waals surface area contributed by atoms with Gasteiger partial charge in [-0.1, -0.05) is 0 Å². The van der Waals surface area contributed by atoms with E-state index in [0.29, 0.717) is 34.8 Å². The molecule has 1 aliphatic heterocycles. The van der Waals surface area contributed by atoms with Crippen molar-refractivity contribution in [3.05, 3.63) is 58.2 Å². The molecule has 0 saturated carbocycles. The van der Waals surface area contributed by atoms with Crippen LogP contribution in [-0.2, 0) is 4.74 Å². The van der Waals surface area contributed by atoms with Gasteiger partial charge in [0.05, 0.1) is 17.6 Å². The molecule has 0 N–H and O–H groups in total. The Balaban J connectivity index is 1.32. The molecule has 3 aromatic heterocycles. The molecular weight excluding hydrogens is 412 g/mol. The predicted octanol–water partition coefficient (Wildman–Crippen LogP) is 4.56. The molecule has 6 nitrogen and oxygen atoms in total. The summed E-state index contributed by atoms with van der Waals surface area (Å²) >= 11 is 1.64. The number of hydrogen-bond acceptors (Lipinski definition) is 7. The molecular formula is C24H24N2O4S. The summed E-state index contributed by atoms with van der Waals surface area (Å²) in [6.45, 7) is 7.37. The lowest BCUT2D eigenvalue weighted by atomic mass is 10.2. The Hall–Kier alpha value is -2.74. The van der Waals surface area contributed by atoms with Crippen molar-refractivity contribution in [2.45, 2.75) is 26.1 Å². The van der Waals surface area contributed by atoms with E-state index in [-0.39, 0.29) is 17.6 Å². The molecule has 5 rings (SSSR count). The predicted molar refractivity (Wildman–Crippen MR) is 123 cm³/mol. The summed E-state index contributed by atoms with van der Waals surface area (Å²) in [5.74, 6) is 1.14. The first-order chi connectivity index (χ1) is 15.0. The zero-order valence-corrected chi connectivity index (χ0v) is 18.4. The SMILES string of the molecule is CC1CN(CCOc2ccc3oc(-c4cc5sccc5cn4)cc(=O)c3c2)CC(C)O1. The van der Waals surface area contributed by atoms with Crippen LogP contribution < -0.4 is 10.2 Å². The van der Waals surface area contributed by atoms with E-state index in [1.807, 2.05) is 23.6 Å². The van der Waals surface area contributed by atoms with Gasteiger partial charge >= 0.3 is 0 Å². The zero-order chi connectivity index (χ0) is 21.4. The van der Waals surface area contributed by atoms with Crippen molar-refractivity contribution in [1.82, 2.24) is 9.88 Å². The molecule has 1 aromatic carbocycles. The second-order valence-corrected chi connectivity index (χ2v) is 8.97. The van der Waals surface area contributed by atoms with Gasteiger partial charge in [0.1, 0.15) is 23.6 Å². The Morgan fingerprint density at radius 1 is 1.16 bits per heavy atom. The Labute approximate surface area is 184 Å². The monoisotopic (exact) mass is 436 g/mol. The van der Waals surface area contributed by atoms with Crippen LogP contribution in [0, 0.1) is 0 Å². The van der Waals surface area contributed by atoms with Gasteiger partial charge in [0.2, 0.25) is 0 Å². The second-order valence-electron chi connectivity index (χ2n) is 8.03. The highest BCUT2D eigenvalue weighted by molar-refractivity contribution is 7.17. The Morgan fingerprint density at radius 3 is 2.84 bits per heavy atom. The highest BCUT2D eigenvalue weighted by atomic mass is 32.1. The van der Waals surface area contributed by atoms with Crippen molar-refractivity contribution in [3.8, 4) is 17.2 Å². The second kappa shape index (κ2) is 8.42. The van der Waals surface area contributed by atoms with Gasteiger partial charge in [-0.15, -0.1) is 11.3 Å². The minimum absolute atomic E-state index is 0.106. The molecule has 2 atom stereocenters. The van der Waals surface area contributed by atoms with Crippen LogP contribution in [0.25, 0.3) is 32.5 Å². The zero-order valence-electron chi connectivity index (χ0n) is 17.5. The third-order valence-electron chi connectivity index (χ3n) is 5.46. The number of rotatable bonds is 5. The molecule has 0 bridgehead atoms. The van der Waals surface area contributed by atoms with Gasteiger partial charge in [-0.2, -0.15) is 0 Å². The van der Waals surface area contributed by atoms with Crippen LogP contribution in [0.2, 0.25) is 0 Å². The standard InChI is InChI=1S/C24H24N2O4S/c1-15-13-26(14-16(2)29-15)6-7-28-18-3-4-22-19(9-18)21(27)11-23(30-22)20-10-24-17(12-25-20)5-8-31-24/h3-5,8-12,15-16H,6-7,13-14H2,1-2H3. The normalized spacial score (nSPS) is 19.8. The smallest absolute Gasteiger partial charge is 0.193 e. The number of hydrogen-bond donors (Lipinski definition) is 0. The molecule has 4 heterocycles. The number of pyridine rings is 1. The lowest BCUT2D eigenvalue weighted by Crippen LogP contribution is -2.46. The number of benzene rings is 1. The third kappa shape index (κ3) is 4.35. The molecule has 160 valence electrons. The molecule has 1 fully saturated rings. The topological polar surface area (TPSA) is 64.8 Å². The van der Waals surface area contributed by atoms with Gasteiger partial charge < -0.3 is 13.9 Å². The van der Waals surface area contributed by atoms with Crippen LogP contribution in [0.3, 0.4) is 0 Å². The van der Waals surface area contributed by atoms with Crippen LogP contribution >= 0.6 is 11.3 Å². The van der Waals surface area contributed by atoms with Gasteiger partial charge in [-0.05, 0) is 49.6 Å². The maximum absolute atomic E-state index is 12.8. The summed E-state index contributed by atoms with van der Waals surface area (Å²) in [6, 6.07) is 10.9. The Morgan fingerprint density at radius 2 is 2.00 bits per heavy atom. The molecule has 0 spiro atoms. The fourth-order valence-corrected chi connectivity index (χ4v) is 4.90. The summed E-state index contributed by atoms with van der Waals surface area (Å²) in [5.41, 5.74) is 1.08. The summed E-state index contributed by atoms with van der Waals surface area (Å²) in [5, 5.41) is 3.61. The lowest BCUT2D eigenvalue weighted by molar-refractivity contribution is -0.0699. The van der Waals surface area contributed by atoms with E-state index < -0.39 is 0 Å². The highest BCUT2D eigenvalue weighted by Gasteiger charge is 2.21. The molecule has 0 radical (unpaired) electrons. The summed E-state index contributed by atoms with van der Waals surface area (Å²) in [4.78, 5) is 19.6. The van der Waals surface area contributed by atoms with Crippen molar-refractivity contribution in [2.75, 3.05) is 26.2 Å². The van der Waals surface area contributed by atoms with Crippen molar-refractivity contribution in [1.29, 1.82) is 0 Å². The number of morpholine rings is 1. The largest absolute Gasteiger partial charge is 0.492 e. The first kappa shape index (κ1) is 20.2. The Bertz CT molecular complexity index is 1270. The van der Waals surface area contributed by atoms with E-state index in [4.69, 9.17) is 13.9 Å². The third-order valence-corrected chi connectivity index (χ3v) is 6.34. The van der Waals surface area contributed by atoms with Gasteiger partial charge in [-0.25, -0.2) is 0 Å². The minimum atomic E-state index is -0.106.